The number of hydrogen-bond donors (Lipinski definition) is 1. The zero-order valence-electron chi connectivity index (χ0n) is 20.7. The molecule has 1 aliphatic carbocycles. The van der Waals surface area contributed by atoms with Crippen LogP contribution in [0.15, 0.2) is 6.07 Å². The molecule has 2 aromatic rings. The predicted octanol–water partition coefficient (Wildman–Crippen LogP) is 4.56. The van der Waals surface area contributed by atoms with Gasteiger partial charge in [-0.25, -0.2) is 9.50 Å². The first kappa shape index (κ1) is 23.2. The first-order valence-electron chi connectivity index (χ1n) is 12.6. The topological polar surface area (TPSA) is 62.5 Å². The zero-order valence-corrected chi connectivity index (χ0v) is 20.7. The molecule has 0 radical (unpaired) electrons. The minimum atomic E-state index is -0.202. The molecule has 1 saturated heterocycles. The van der Waals surface area contributed by atoms with Crippen LogP contribution >= 0.6 is 0 Å². The fourth-order valence-electron chi connectivity index (χ4n) is 5.60. The van der Waals surface area contributed by atoms with Gasteiger partial charge in [0.1, 0.15) is 0 Å². The van der Waals surface area contributed by atoms with Crippen LogP contribution in [0.4, 0.5) is 0 Å². The molecule has 32 heavy (non-hydrogen) atoms. The van der Waals surface area contributed by atoms with E-state index in [1.165, 1.54) is 57.3 Å². The molecule has 3 heterocycles. The minimum Gasteiger partial charge on any atom is -0.351 e. The smallest absolute Gasteiger partial charge is 0.220 e. The normalized spacial score (nSPS) is 20.8. The molecule has 1 saturated carbocycles. The lowest BCUT2D eigenvalue weighted by molar-refractivity contribution is -0.122. The highest BCUT2D eigenvalue weighted by Gasteiger charge is 2.28. The van der Waals surface area contributed by atoms with Crippen molar-refractivity contribution in [3.8, 4) is 0 Å². The SMILES string of the molecule is Cc1nc2cc(C3CCN(CC4CCCCC4)C3)nn2c(C)c1CCC(=O)NC(C)(C)C. The molecule has 1 unspecified atom stereocenters. The van der Waals surface area contributed by atoms with E-state index in [2.05, 4.69) is 30.1 Å². The average Bonchev–Trinajstić information content (AvgIpc) is 3.34. The minimum absolute atomic E-state index is 0.0848. The molecule has 6 heteroatoms. The Labute approximate surface area is 193 Å². The van der Waals surface area contributed by atoms with Gasteiger partial charge in [-0.15, -0.1) is 0 Å². The largest absolute Gasteiger partial charge is 0.351 e. The fraction of sp³-hybridized carbons (Fsp3) is 0.731. The Bertz CT molecular complexity index is 951. The molecule has 1 aliphatic heterocycles. The summed E-state index contributed by atoms with van der Waals surface area (Å²) in [6, 6.07) is 2.19. The number of fused-ring (bicyclic) bond motifs is 1. The number of aromatic nitrogens is 3. The van der Waals surface area contributed by atoms with Gasteiger partial charge in [0.2, 0.25) is 5.91 Å². The number of hydrogen-bond acceptors (Lipinski definition) is 4. The molecule has 2 aliphatic rings. The first-order valence-corrected chi connectivity index (χ1v) is 12.6. The van der Waals surface area contributed by atoms with Crippen molar-refractivity contribution in [2.45, 2.75) is 97.4 Å². The van der Waals surface area contributed by atoms with Crippen LogP contribution in [0.2, 0.25) is 0 Å². The molecule has 0 aromatic carbocycles. The summed E-state index contributed by atoms with van der Waals surface area (Å²) in [7, 11) is 0. The van der Waals surface area contributed by atoms with Crippen molar-refractivity contribution in [3.63, 3.8) is 0 Å². The van der Waals surface area contributed by atoms with Crippen LogP contribution in [0.1, 0.15) is 94.3 Å². The quantitative estimate of drug-likeness (QED) is 0.717. The summed E-state index contributed by atoms with van der Waals surface area (Å²) in [5.41, 5.74) is 5.17. The molecule has 6 nitrogen and oxygen atoms in total. The van der Waals surface area contributed by atoms with Gasteiger partial charge < -0.3 is 10.2 Å². The van der Waals surface area contributed by atoms with Gasteiger partial charge in [0, 0.05) is 48.4 Å². The van der Waals surface area contributed by atoms with E-state index in [9.17, 15) is 4.79 Å². The Kier molecular flexibility index (Phi) is 6.89. The summed E-state index contributed by atoms with van der Waals surface area (Å²) >= 11 is 0. The zero-order chi connectivity index (χ0) is 22.9. The van der Waals surface area contributed by atoms with Crippen LogP contribution < -0.4 is 5.32 Å². The molecule has 2 fully saturated rings. The number of carbonyl (C=O) groups excluding carboxylic acids is 1. The summed E-state index contributed by atoms with van der Waals surface area (Å²) < 4.78 is 2.00. The van der Waals surface area contributed by atoms with E-state index in [1.54, 1.807) is 0 Å². The Hall–Kier alpha value is -1.95. The van der Waals surface area contributed by atoms with E-state index in [-0.39, 0.29) is 11.4 Å². The van der Waals surface area contributed by atoms with Gasteiger partial charge in [0.05, 0.1) is 5.69 Å². The Morgan fingerprint density at radius 1 is 1.16 bits per heavy atom. The lowest BCUT2D eigenvalue weighted by atomic mass is 9.89. The van der Waals surface area contributed by atoms with Crippen LogP contribution in [-0.2, 0) is 11.2 Å². The third-order valence-electron chi connectivity index (χ3n) is 7.23. The van der Waals surface area contributed by atoms with Gasteiger partial charge in [-0.3, -0.25) is 4.79 Å². The number of likely N-dealkylation sites (tertiary alicyclic amines) is 1. The molecule has 2 aromatic heterocycles. The van der Waals surface area contributed by atoms with Gasteiger partial charge in [-0.2, -0.15) is 5.10 Å². The van der Waals surface area contributed by atoms with E-state index in [0.717, 1.165) is 35.1 Å². The van der Waals surface area contributed by atoms with Gasteiger partial charge in [-0.05, 0) is 78.3 Å². The van der Waals surface area contributed by atoms with Crippen molar-refractivity contribution in [1.29, 1.82) is 0 Å². The summed E-state index contributed by atoms with van der Waals surface area (Å²) in [5, 5.41) is 8.04. The Morgan fingerprint density at radius 3 is 2.62 bits per heavy atom. The highest BCUT2D eigenvalue weighted by molar-refractivity contribution is 5.77. The van der Waals surface area contributed by atoms with Crippen LogP contribution in [0.5, 0.6) is 0 Å². The maximum absolute atomic E-state index is 12.3. The van der Waals surface area contributed by atoms with Crippen molar-refractivity contribution in [2.75, 3.05) is 19.6 Å². The van der Waals surface area contributed by atoms with E-state index in [4.69, 9.17) is 10.1 Å². The Balaban J connectivity index is 1.43. The lowest BCUT2D eigenvalue weighted by Crippen LogP contribution is -2.40. The van der Waals surface area contributed by atoms with Crippen LogP contribution in [0, 0.1) is 19.8 Å². The van der Waals surface area contributed by atoms with Gasteiger partial charge in [-0.1, -0.05) is 19.3 Å². The molecule has 1 N–H and O–H groups in total. The highest BCUT2D eigenvalue weighted by Crippen LogP contribution is 2.31. The van der Waals surface area contributed by atoms with E-state index < -0.39 is 0 Å². The lowest BCUT2D eigenvalue weighted by Gasteiger charge is -2.26. The fourth-order valence-corrected chi connectivity index (χ4v) is 5.60. The van der Waals surface area contributed by atoms with E-state index in [1.807, 2.05) is 25.3 Å². The molecule has 0 spiro atoms. The monoisotopic (exact) mass is 439 g/mol. The van der Waals surface area contributed by atoms with Crippen molar-refractivity contribution < 1.29 is 4.79 Å². The van der Waals surface area contributed by atoms with Gasteiger partial charge in [0.15, 0.2) is 5.65 Å². The third-order valence-corrected chi connectivity index (χ3v) is 7.23. The third kappa shape index (κ3) is 5.51. The van der Waals surface area contributed by atoms with Crippen molar-refractivity contribution in [2.24, 2.45) is 5.92 Å². The average molecular weight is 440 g/mol. The molecule has 1 amide bonds. The number of nitrogens with zero attached hydrogens (tertiary/aromatic N) is 4. The maximum atomic E-state index is 12.3. The maximum Gasteiger partial charge on any atom is 0.220 e. The van der Waals surface area contributed by atoms with E-state index in [0.29, 0.717) is 18.8 Å². The second-order valence-electron chi connectivity index (χ2n) is 11.1. The van der Waals surface area contributed by atoms with Crippen molar-refractivity contribution in [1.82, 2.24) is 24.8 Å². The number of nitrogens with one attached hydrogen (secondary N) is 1. The van der Waals surface area contributed by atoms with Crippen molar-refractivity contribution in [3.05, 3.63) is 28.7 Å². The second kappa shape index (κ2) is 9.50. The number of rotatable bonds is 6. The summed E-state index contributed by atoms with van der Waals surface area (Å²) in [6.07, 6.45) is 9.43. The van der Waals surface area contributed by atoms with E-state index >= 15 is 0 Å². The van der Waals surface area contributed by atoms with Crippen molar-refractivity contribution >= 4 is 11.6 Å². The summed E-state index contributed by atoms with van der Waals surface area (Å²) in [5.74, 6) is 1.48. The molecule has 176 valence electrons. The molecule has 4 rings (SSSR count). The van der Waals surface area contributed by atoms with Gasteiger partial charge >= 0.3 is 0 Å². The molecular weight excluding hydrogens is 398 g/mol. The van der Waals surface area contributed by atoms with Gasteiger partial charge in [0.25, 0.3) is 0 Å². The molecule has 1 atom stereocenters. The molecular formula is C26H41N5O. The first-order chi connectivity index (χ1) is 15.2. The highest BCUT2D eigenvalue weighted by atomic mass is 16.1. The Morgan fingerprint density at radius 2 is 1.91 bits per heavy atom. The second-order valence-corrected chi connectivity index (χ2v) is 11.1. The predicted molar refractivity (Wildman–Crippen MR) is 129 cm³/mol. The van der Waals surface area contributed by atoms with Crippen LogP contribution in [0.25, 0.3) is 5.65 Å². The number of amides is 1. The number of aryl methyl sites for hydroxylation is 2. The van der Waals surface area contributed by atoms with Crippen LogP contribution in [0.3, 0.4) is 0 Å². The summed E-state index contributed by atoms with van der Waals surface area (Å²) in [6.45, 7) is 13.8. The summed E-state index contributed by atoms with van der Waals surface area (Å²) in [4.78, 5) is 19.8. The molecule has 0 bridgehead atoms. The van der Waals surface area contributed by atoms with Crippen LogP contribution in [-0.4, -0.2) is 50.6 Å². The standard InChI is InChI=1S/C26H41N5O/c1-18-22(11-12-25(32)28-26(3,4)5)19(2)31-24(27-18)15-23(29-31)21-13-14-30(17-21)16-20-9-7-6-8-10-20/h15,20-21H,6-14,16-17H2,1-5H3,(H,28,32). The number of carbonyl (C=O) groups is 1.